The van der Waals surface area contributed by atoms with E-state index < -0.39 is 0 Å². The molecule has 0 amide bonds. The maximum Gasteiger partial charge on any atom is 0.302 e. The third-order valence-corrected chi connectivity index (χ3v) is 3.12. The number of hydrogen-bond donors (Lipinski definition) is 0. The summed E-state index contributed by atoms with van der Waals surface area (Å²) in [6, 6.07) is 11.6. The molecule has 4 heteroatoms. The van der Waals surface area contributed by atoms with Gasteiger partial charge in [0.05, 0.1) is 12.1 Å². The van der Waals surface area contributed by atoms with E-state index in [0.717, 1.165) is 11.1 Å². The molecule has 104 valence electrons. The summed E-state index contributed by atoms with van der Waals surface area (Å²) in [5, 5.41) is 0. The van der Waals surface area contributed by atoms with Gasteiger partial charge in [0.1, 0.15) is 6.61 Å². The normalized spacial score (nSPS) is 10.3. The maximum absolute atomic E-state index is 12.4. The van der Waals surface area contributed by atoms with Crippen molar-refractivity contribution in [3.8, 4) is 0 Å². The summed E-state index contributed by atoms with van der Waals surface area (Å²) in [5.74, 6) is -0.387. The van der Waals surface area contributed by atoms with Crippen LogP contribution < -0.4 is 5.56 Å². The van der Waals surface area contributed by atoms with Crippen molar-refractivity contribution in [1.82, 2.24) is 4.57 Å². The lowest BCUT2D eigenvalue weighted by molar-refractivity contribution is -0.142. The molecule has 2 rings (SSSR count). The summed E-state index contributed by atoms with van der Waals surface area (Å²) in [4.78, 5) is 23.3. The van der Waals surface area contributed by atoms with Crippen LogP contribution >= 0.6 is 0 Å². The summed E-state index contributed by atoms with van der Waals surface area (Å²) in [5.41, 5.74) is 2.30. The van der Waals surface area contributed by atoms with E-state index in [-0.39, 0.29) is 18.1 Å². The lowest BCUT2D eigenvalue weighted by Gasteiger charge is -2.11. The van der Waals surface area contributed by atoms with E-state index in [4.69, 9.17) is 4.74 Å². The van der Waals surface area contributed by atoms with Gasteiger partial charge >= 0.3 is 5.97 Å². The molecule has 0 N–H and O–H groups in total. The minimum Gasteiger partial charge on any atom is -0.461 e. The van der Waals surface area contributed by atoms with Gasteiger partial charge in [0.25, 0.3) is 5.56 Å². The van der Waals surface area contributed by atoms with Gasteiger partial charge in [-0.05, 0) is 24.1 Å². The Morgan fingerprint density at radius 1 is 1.20 bits per heavy atom. The Hall–Kier alpha value is -2.36. The van der Waals surface area contributed by atoms with E-state index in [1.54, 1.807) is 10.8 Å². The third-order valence-electron chi connectivity index (χ3n) is 3.12. The second kappa shape index (κ2) is 6.19. The number of aryl methyl sites for hydroxylation is 1. The Kier molecular flexibility index (Phi) is 4.35. The van der Waals surface area contributed by atoms with E-state index >= 15 is 0 Å². The van der Waals surface area contributed by atoms with Gasteiger partial charge in [-0.3, -0.25) is 9.59 Å². The molecule has 0 saturated carbocycles. The zero-order chi connectivity index (χ0) is 14.5. The fraction of sp³-hybridized carbons (Fsp3) is 0.250. The van der Waals surface area contributed by atoms with Crippen LogP contribution in [-0.2, 0) is 22.7 Å². The molecule has 0 spiro atoms. The molecule has 0 aliphatic heterocycles. The van der Waals surface area contributed by atoms with Crippen molar-refractivity contribution in [3.05, 3.63) is 69.6 Å². The minimum absolute atomic E-state index is 0.0234. The van der Waals surface area contributed by atoms with Crippen LogP contribution in [0.5, 0.6) is 0 Å². The van der Waals surface area contributed by atoms with E-state index in [9.17, 15) is 9.59 Å². The number of rotatable bonds is 4. The third kappa shape index (κ3) is 3.35. The zero-order valence-electron chi connectivity index (χ0n) is 11.6. The Labute approximate surface area is 117 Å². The van der Waals surface area contributed by atoms with Crippen molar-refractivity contribution in [2.24, 2.45) is 0 Å². The summed E-state index contributed by atoms with van der Waals surface area (Å²) in [6.45, 7) is 3.70. The van der Waals surface area contributed by atoms with Crippen LogP contribution in [0.25, 0.3) is 0 Å². The number of ether oxygens (including phenoxy) is 1. The van der Waals surface area contributed by atoms with Crippen LogP contribution in [-0.4, -0.2) is 10.5 Å². The summed E-state index contributed by atoms with van der Waals surface area (Å²) >= 11 is 0. The first-order valence-corrected chi connectivity index (χ1v) is 6.44. The van der Waals surface area contributed by atoms with Crippen LogP contribution in [0, 0.1) is 6.92 Å². The Bertz CT molecular complexity index is 659. The molecule has 1 aromatic heterocycles. The van der Waals surface area contributed by atoms with Crippen molar-refractivity contribution in [3.63, 3.8) is 0 Å². The Morgan fingerprint density at radius 3 is 2.55 bits per heavy atom. The zero-order valence-corrected chi connectivity index (χ0v) is 11.6. The van der Waals surface area contributed by atoms with Gasteiger partial charge in [0.2, 0.25) is 0 Å². The molecule has 0 fully saturated rings. The first kappa shape index (κ1) is 14.1. The molecule has 0 aliphatic rings. The fourth-order valence-corrected chi connectivity index (χ4v) is 1.97. The summed E-state index contributed by atoms with van der Waals surface area (Å²) in [6.07, 6.45) is 1.77. The van der Waals surface area contributed by atoms with Gasteiger partial charge in [0, 0.05) is 13.1 Å². The average Bonchev–Trinajstić information content (AvgIpc) is 2.43. The van der Waals surface area contributed by atoms with Gasteiger partial charge in [-0.15, -0.1) is 0 Å². The highest BCUT2D eigenvalue weighted by atomic mass is 16.5. The highest BCUT2D eigenvalue weighted by molar-refractivity contribution is 5.65. The van der Waals surface area contributed by atoms with Crippen LogP contribution in [0.3, 0.4) is 0 Å². The smallest absolute Gasteiger partial charge is 0.302 e. The number of carbonyl (C=O) groups is 1. The highest BCUT2D eigenvalue weighted by Gasteiger charge is 2.09. The number of hydrogen-bond acceptors (Lipinski definition) is 3. The molecule has 0 unspecified atom stereocenters. The molecule has 4 nitrogen and oxygen atoms in total. The topological polar surface area (TPSA) is 48.3 Å². The first-order chi connectivity index (χ1) is 9.58. The quantitative estimate of drug-likeness (QED) is 0.801. The second-order valence-corrected chi connectivity index (χ2v) is 4.68. The predicted octanol–water partition coefficient (Wildman–Crippen LogP) is 2.27. The number of aromatic nitrogens is 1. The summed E-state index contributed by atoms with van der Waals surface area (Å²) in [7, 11) is 0. The molecule has 0 aliphatic carbocycles. The van der Waals surface area contributed by atoms with Gasteiger partial charge in [-0.25, -0.2) is 0 Å². The minimum atomic E-state index is -0.387. The predicted molar refractivity (Wildman–Crippen MR) is 76.5 cm³/mol. The SMILES string of the molecule is CC(=O)OCc1c(C)ccn(Cc2ccccc2)c1=O. The number of nitrogens with zero attached hydrogens (tertiary/aromatic N) is 1. The largest absolute Gasteiger partial charge is 0.461 e. The van der Waals surface area contributed by atoms with E-state index in [0.29, 0.717) is 12.1 Å². The molecule has 1 aromatic carbocycles. The van der Waals surface area contributed by atoms with E-state index in [1.165, 1.54) is 6.92 Å². The van der Waals surface area contributed by atoms with Crippen molar-refractivity contribution < 1.29 is 9.53 Å². The van der Waals surface area contributed by atoms with Crippen LogP contribution in [0.15, 0.2) is 47.4 Å². The van der Waals surface area contributed by atoms with Crippen molar-refractivity contribution in [2.75, 3.05) is 0 Å². The van der Waals surface area contributed by atoms with Crippen molar-refractivity contribution in [2.45, 2.75) is 27.0 Å². The van der Waals surface area contributed by atoms with Crippen LogP contribution in [0.1, 0.15) is 23.6 Å². The van der Waals surface area contributed by atoms with Gasteiger partial charge in [-0.2, -0.15) is 0 Å². The fourth-order valence-electron chi connectivity index (χ4n) is 1.97. The van der Waals surface area contributed by atoms with Crippen LogP contribution in [0.2, 0.25) is 0 Å². The van der Waals surface area contributed by atoms with Crippen molar-refractivity contribution in [1.29, 1.82) is 0 Å². The number of esters is 1. The molecule has 20 heavy (non-hydrogen) atoms. The monoisotopic (exact) mass is 271 g/mol. The summed E-state index contributed by atoms with van der Waals surface area (Å²) < 4.78 is 6.57. The standard InChI is InChI=1S/C16H17NO3/c1-12-8-9-17(10-14-6-4-3-5-7-14)16(19)15(12)11-20-13(2)18/h3-9H,10-11H2,1-2H3. The molecule has 2 aromatic rings. The molecular formula is C16H17NO3. The Balaban J connectivity index is 2.29. The molecule has 0 saturated heterocycles. The number of pyridine rings is 1. The van der Waals surface area contributed by atoms with E-state index in [1.807, 2.05) is 43.3 Å². The lowest BCUT2D eigenvalue weighted by atomic mass is 10.1. The second-order valence-electron chi connectivity index (χ2n) is 4.68. The lowest BCUT2D eigenvalue weighted by Crippen LogP contribution is -2.25. The molecular weight excluding hydrogens is 254 g/mol. The molecule has 0 radical (unpaired) electrons. The highest BCUT2D eigenvalue weighted by Crippen LogP contribution is 2.06. The van der Waals surface area contributed by atoms with Gasteiger partial charge in [0.15, 0.2) is 0 Å². The van der Waals surface area contributed by atoms with Gasteiger partial charge in [-0.1, -0.05) is 30.3 Å². The average molecular weight is 271 g/mol. The number of carbonyl (C=O) groups excluding carboxylic acids is 1. The first-order valence-electron chi connectivity index (χ1n) is 6.44. The van der Waals surface area contributed by atoms with Crippen LogP contribution in [0.4, 0.5) is 0 Å². The van der Waals surface area contributed by atoms with Crippen molar-refractivity contribution >= 4 is 5.97 Å². The van der Waals surface area contributed by atoms with E-state index in [2.05, 4.69) is 0 Å². The Morgan fingerprint density at radius 2 is 1.90 bits per heavy atom. The molecule has 1 heterocycles. The van der Waals surface area contributed by atoms with Gasteiger partial charge < -0.3 is 9.30 Å². The molecule has 0 bridgehead atoms. The molecule has 0 atom stereocenters. The maximum atomic E-state index is 12.4. The number of benzene rings is 1.